The van der Waals surface area contributed by atoms with Crippen LogP contribution in [-0.2, 0) is 21.8 Å². The van der Waals surface area contributed by atoms with E-state index in [0.717, 1.165) is 12.2 Å². The molecule has 3 atom stereocenters. The molecule has 2 aliphatic rings. The Hall–Kier alpha value is -3.90. The molecule has 0 bridgehead atoms. The summed E-state index contributed by atoms with van der Waals surface area (Å²) in [5, 5.41) is 16.7. The summed E-state index contributed by atoms with van der Waals surface area (Å²) in [6.07, 6.45) is 2.69. The van der Waals surface area contributed by atoms with Gasteiger partial charge in [0.25, 0.3) is 5.69 Å². The molecular weight excluding hydrogens is 595 g/mol. The average molecular weight is 626 g/mol. The van der Waals surface area contributed by atoms with Crippen molar-refractivity contribution in [1.29, 1.82) is 0 Å². The van der Waals surface area contributed by atoms with Gasteiger partial charge in [0.15, 0.2) is 0 Å². The summed E-state index contributed by atoms with van der Waals surface area (Å²) in [6, 6.07) is 20.2. The highest BCUT2D eigenvalue weighted by Crippen LogP contribution is 2.40. The number of nitro benzene ring substituents is 1. The molecule has 2 aliphatic heterocycles. The molecule has 2 saturated heterocycles. The van der Waals surface area contributed by atoms with Gasteiger partial charge in [-0.25, -0.2) is 9.67 Å². The third-order valence-electron chi connectivity index (χ3n) is 7.69. The van der Waals surface area contributed by atoms with Gasteiger partial charge in [0.05, 0.1) is 16.6 Å². The Bertz CT molecular complexity index is 1570. The van der Waals surface area contributed by atoms with E-state index in [1.807, 2.05) is 36.4 Å². The van der Waals surface area contributed by atoms with Crippen molar-refractivity contribution in [2.24, 2.45) is 0 Å². The lowest BCUT2D eigenvalue weighted by Gasteiger charge is -2.42. The van der Waals surface area contributed by atoms with E-state index in [4.69, 9.17) is 37.4 Å². The van der Waals surface area contributed by atoms with E-state index in [0.29, 0.717) is 46.7 Å². The van der Waals surface area contributed by atoms with Crippen molar-refractivity contribution >= 4 is 40.3 Å². The normalized spacial score (nSPS) is 22.1. The monoisotopic (exact) mass is 624 g/mol. The summed E-state index contributed by atoms with van der Waals surface area (Å²) in [4.78, 5) is 19.6. The van der Waals surface area contributed by atoms with Gasteiger partial charge < -0.3 is 24.0 Å². The fourth-order valence-corrected chi connectivity index (χ4v) is 6.20. The summed E-state index contributed by atoms with van der Waals surface area (Å²) in [5.41, 5.74) is 2.50. The molecule has 4 aromatic rings. The number of anilines is 2. The number of hydrogen-bond acceptors (Lipinski definition) is 9. The Kier molecular flexibility index (Phi) is 8.40. The first-order chi connectivity index (χ1) is 20.8. The molecular formula is C30H30Cl2N6O5. The van der Waals surface area contributed by atoms with Crippen LogP contribution in [0.5, 0.6) is 5.75 Å². The number of ether oxygens (including phenoxy) is 3. The van der Waals surface area contributed by atoms with Gasteiger partial charge in [-0.1, -0.05) is 41.4 Å². The quantitative estimate of drug-likeness (QED) is 0.175. The molecule has 3 unspecified atom stereocenters. The van der Waals surface area contributed by atoms with E-state index in [9.17, 15) is 10.1 Å². The number of para-hydroxylation sites is 2. The Labute approximate surface area is 258 Å². The van der Waals surface area contributed by atoms with Gasteiger partial charge >= 0.3 is 0 Å². The minimum Gasteiger partial charge on any atom is -0.491 e. The lowest BCUT2D eigenvalue weighted by atomic mass is 10.1. The predicted octanol–water partition coefficient (Wildman–Crippen LogP) is 5.56. The first-order valence-corrected chi connectivity index (χ1v) is 14.6. The van der Waals surface area contributed by atoms with E-state index >= 15 is 0 Å². The summed E-state index contributed by atoms with van der Waals surface area (Å²) in [7, 11) is 0. The lowest BCUT2D eigenvalue weighted by molar-refractivity contribution is -0.384. The standard InChI is InChI=1S/C30H30Cl2N6O5/c1-21-15-35(28-4-2-3-5-29(28)38(39)40)12-13-37(21)23-7-9-24(10-8-23)41-16-25-17-42-30(43-25,18-36-20-33-19-34-36)26-11-6-22(31)14-27(26)32/h2-11,14,19-21,25H,12-13,15-18H2,1H3. The van der Waals surface area contributed by atoms with Crippen LogP contribution in [0.25, 0.3) is 0 Å². The van der Waals surface area contributed by atoms with E-state index in [2.05, 4.69) is 26.8 Å². The number of nitro groups is 1. The van der Waals surface area contributed by atoms with Crippen LogP contribution in [0.4, 0.5) is 17.1 Å². The fraction of sp³-hybridized carbons (Fsp3) is 0.333. The second kappa shape index (κ2) is 12.4. The summed E-state index contributed by atoms with van der Waals surface area (Å²) >= 11 is 12.7. The number of piperazine rings is 1. The SMILES string of the molecule is CC1CN(c2ccccc2[N+](=O)[O-])CCN1c1ccc(OCC2COC(Cn3cncn3)(c3ccc(Cl)cc3Cl)O2)cc1. The van der Waals surface area contributed by atoms with Crippen LogP contribution >= 0.6 is 23.2 Å². The van der Waals surface area contributed by atoms with Crippen molar-refractivity contribution in [2.75, 3.05) is 42.6 Å². The molecule has 3 aromatic carbocycles. The summed E-state index contributed by atoms with van der Waals surface area (Å²) in [6.45, 7) is 5.05. The van der Waals surface area contributed by atoms with E-state index in [1.165, 1.54) is 6.33 Å². The number of rotatable bonds is 9. The Balaban J connectivity index is 1.08. The molecule has 2 fully saturated rings. The Morgan fingerprint density at radius 1 is 1.12 bits per heavy atom. The molecule has 1 aromatic heterocycles. The number of halogens is 2. The largest absolute Gasteiger partial charge is 0.491 e. The maximum Gasteiger partial charge on any atom is 0.292 e. The second-order valence-electron chi connectivity index (χ2n) is 10.6. The first kappa shape index (κ1) is 29.2. The number of hydrogen-bond donors (Lipinski definition) is 0. The van der Waals surface area contributed by atoms with Gasteiger partial charge in [0.1, 0.15) is 43.3 Å². The molecule has 224 valence electrons. The second-order valence-corrected chi connectivity index (χ2v) is 11.4. The van der Waals surface area contributed by atoms with Crippen molar-refractivity contribution in [3.8, 4) is 5.75 Å². The Morgan fingerprint density at radius 3 is 2.65 bits per heavy atom. The maximum absolute atomic E-state index is 11.5. The van der Waals surface area contributed by atoms with Crippen LogP contribution in [0.15, 0.2) is 79.4 Å². The molecule has 0 amide bonds. The topological polar surface area (TPSA) is 108 Å². The van der Waals surface area contributed by atoms with Gasteiger partial charge in [-0.05, 0) is 49.4 Å². The highest BCUT2D eigenvalue weighted by molar-refractivity contribution is 6.35. The van der Waals surface area contributed by atoms with E-state index < -0.39 is 5.79 Å². The van der Waals surface area contributed by atoms with Crippen LogP contribution in [0, 0.1) is 10.1 Å². The van der Waals surface area contributed by atoms with Crippen LogP contribution < -0.4 is 14.5 Å². The zero-order valence-corrected chi connectivity index (χ0v) is 24.9. The van der Waals surface area contributed by atoms with E-state index in [-0.39, 0.29) is 35.9 Å². The van der Waals surface area contributed by atoms with Gasteiger partial charge in [0, 0.05) is 48.0 Å². The zero-order chi connectivity index (χ0) is 30.0. The van der Waals surface area contributed by atoms with Crippen molar-refractivity contribution in [1.82, 2.24) is 14.8 Å². The third-order valence-corrected chi connectivity index (χ3v) is 8.24. The van der Waals surface area contributed by atoms with Crippen molar-refractivity contribution in [3.63, 3.8) is 0 Å². The van der Waals surface area contributed by atoms with Crippen LogP contribution in [0.3, 0.4) is 0 Å². The van der Waals surface area contributed by atoms with Crippen LogP contribution in [0.2, 0.25) is 10.0 Å². The van der Waals surface area contributed by atoms with Gasteiger partial charge in [-0.15, -0.1) is 0 Å². The molecule has 0 saturated carbocycles. The number of aromatic nitrogens is 3. The lowest BCUT2D eigenvalue weighted by Crippen LogP contribution is -2.52. The molecule has 0 aliphatic carbocycles. The van der Waals surface area contributed by atoms with Crippen LogP contribution in [-0.4, -0.2) is 64.7 Å². The molecule has 0 radical (unpaired) electrons. The highest BCUT2D eigenvalue weighted by Gasteiger charge is 2.45. The summed E-state index contributed by atoms with van der Waals surface area (Å²) in [5.74, 6) is -0.469. The van der Waals surface area contributed by atoms with E-state index in [1.54, 1.807) is 41.3 Å². The number of nitrogens with zero attached hydrogens (tertiary/aromatic N) is 6. The predicted molar refractivity (Wildman–Crippen MR) is 163 cm³/mol. The summed E-state index contributed by atoms with van der Waals surface area (Å²) < 4.78 is 20.4. The smallest absolute Gasteiger partial charge is 0.292 e. The Morgan fingerprint density at radius 2 is 1.93 bits per heavy atom. The minimum atomic E-state index is -1.17. The first-order valence-electron chi connectivity index (χ1n) is 13.9. The molecule has 11 nitrogen and oxygen atoms in total. The molecule has 3 heterocycles. The van der Waals surface area contributed by atoms with Crippen molar-refractivity contribution < 1.29 is 19.1 Å². The molecule has 6 rings (SSSR count). The molecule has 13 heteroatoms. The average Bonchev–Trinajstić information content (AvgIpc) is 3.67. The van der Waals surface area contributed by atoms with Crippen molar-refractivity contribution in [3.05, 3.63) is 105 Å². The third kappa shape index (κ3) is 6.25. The van der Waals surface area contributed by atoms with Crippen molar-refractivity contribution in [2.45, 2.75) is 31.4 Å². The van der Waals surface area contributed by atoms with Gasteiger partial charge in [-0.3, -0.25) is 10.1 Å². The van der Waals surface area contributed by atoms with Crippen LogP contribution in [0.1, 0.15) is 12.5 Å². The maximum atomic E-state index is 11.5. The van der Waals surface area contributed by atoms with Gasteiger partial charge in [-0.2, -0.15) is 5.10 Å². The van der Waals surface area contributed by atoms with Gasteiger partial charge in [0.2, 0.25) is 5.79 Å². The number of benzene rings is 3. The molecule has 0 N–H and O–H groups in total. The fourth-order valence-electron chi connectivity index (χ4n) is 5.65. The zero-order valence-electron chi connectivity index (χ0n) is 23.4. The molecule has 0 spiro atoms. The molecule has 43 heavy (non-hydrogen) atoms. The minimum absolute atomic E-state index is 0.133. The highest BCUT2D eigenvalue weighted by atomic mass is 35.5.